The van der Waals surface area contributed by atoms with Crippen LogP contribution in [0.5, 0.6) is 0 Å². The van der Waals surface area contributed by atoms with Crippen LogP contribution >= 0.6 is 27.3 Å². The fraction of sp³-hybridized carbons (Fsp3) is 0.333. The molecule has 4 nitrogen and oxygen atoms in total. The van der Waals surface area contributed by atoms with E-state index in [9.17, 15) is 4.79 Å². The van der Waals surface area contributed by atoms with Crippen LogP contribution in [0, 0.1) is 6.92 Å². The lowest BCUT2D eigenvalue weighted by Gasteiger charge is -2.34. The van der Waals surface area contributed by atoms with Gasteiger partial charge in [-0.05, 0) is 35.0 Å². The smallest absolute Gasteiger partial charge is 0.255 e. The molecule has 0 radical (unpaired) electrons. The second kappa shape index (κ2) is 6.15. The zero-order chi connectivity index (χ0) is 14.8. The fourth-order valence-electron chi connectivity index (χ4n) is 2.45. The first-order valence-electron chi connectivity index (χ1n) is 6.85. The van der Waals surface area contributed by atoms with Crippen LogP contribution in [0.3, 0.4) is 0 Å². The Morgan fingerprint density at radius 1 is 1.29 bits per heavy atom. The van der Waals surface area contributed by atoms with Crippen molar-refractivity contribution < 1.29 is 4.79 Å². The molecule has 0 atom stereocenters. The maximum absolute atomic E-state index is 12.6. The van der Waals surface area contributed by atoms with Gasteiger partial charge in [-0.3, -0.25) is 4.79 Å². The van der Waals surface area contributed by atoms with Crippen molar-refractivity contribution in [3.8, 4) is 0 Å². The molecule has 0 unspecified atom stereocenters. The lowest BCUT2D eigenvalue weighted by molar-refractivity contribution is 0.0746. The first-order valence-corrected chi connectivity index (χ1v) is 8.52. The van der Waals surface area contributed by atoms with E-state index >= 15 is 0 Å². The number of rotatable bonds is 2. The predicted molar refractivity (Wildman–Crippen MR) is 89.1 cm³/mol. The normalized spacial score (nSPS) is 15.3. The summed E-state index contributed by atoms with van der Waals surface area (Å²) in [5.74, 6) is 0.101. The van der Waals surface area contributed by atoms with Crippen molar-refractivity contribution in [2.24, 2.45) is 0 Å². The number of carbonyl (C=O) groups excluding carboxylic acids is 1. The molecule has 2 heterocycles. The molecule has 1 aliphatic rings. The number of nitrogens with zero attached hydrogens (tertiary/aromatic N) is 3. The van der Waals surface area contributed by atoms with Crippen LogP contribution in [0.1, 0.15) is 15.9 Å². The van der Waals surface area contributed by atoms with Crippen molar-refractivity contribution in [1.29, 1.82) is 0 Å². The van der Waals surface area contributed by atoms with Crippen molar-refractivity contribution in [2.45, 2.75) is 6.92 Å². The summed E-state index contributed by atoms with van der Waals surface area (Å²) in [6, 6.07) is 5.88. The summed E-state index contributed by atoms with van der Waals surface area (Å²) >= 11 is 5.12. The summed E-state index contributed by atoms with van der Waals surface area (Å²) in [5.41, 5.74) is 1.85. The van der Waals surface area contributed by atoms with Gasteiger partial charge in [0.1, 0.15) is 0 Å². The number of benzene rings is 1. The van der Waals surface area contributed by atoms with Gasteiger partial charge < -0.3 is 9.80 Å². The van der Waals surface area contributed by atoms with Crippen molar-refractivity contribution in [3.63, 3.8) is 0 Å². The third kappa shape index (κ3) is 3.11. The van der Waals surface area contributed by atoms with Crippen LogP contribution in [0.15, 0.2) is 34.2 Å². The number of hydrogen-bond acceptors (Lipinski definition) is 4. The molecule has 1 aromatic heterocycles. The van der Waals surface area contributed by atoms with Gasteiger partial charge in [0.25, 0.3) is 5.91 Å². The quantitative estimate of drug-likeness (QED) is 0.819. The van der Waals surface area contributed by atoms with Gasteiger partial charge in [0, 0.05) is 42.2 Å². The highest BCUT2D eigenvalue weighted by atomic mass is 79.9. The summed E-state index contributed by atoms with van der Waals surface area (Å²) in [7, 11) is 0. The summed E-state index contributed by atoms with van der Waals surface area (Å²) in [4.78, 5) is 21.1. The maximum Gasteiger partial charge on any atom is 0.255 e. The molecule has 0 aliphatic carbocycles. The fourth-order valence-corrected chi connectivity index (χ4v) is 3.56. The number of carbonyl (C=O) groups is 1. The molecule has 1 saturated heterocycles. The summed E-state index contributed by atoms with van der Waals surface area (Å²) < 4.78 is 0.862. The molecule has 6 heteroatoms. The molecule has 0 bridgehead atoms. The number of hydrogen-bond donors (Lipinski definition) is 0. The molecule has 1 aliphatic heterocycles. The van der Waals surface area contributed by atoms with Crippen molar-refractivity contribution in [1.82, 2.24) is 9.88 Å². The Bertz CT molecular complexity index is 636. The first-order chi connectivity index (χ1) is 10.1. The highest BCUT2D eigenvalue weighted by Gasteiger charge is 2.24. The van der Waals surface area contributed by atoms with E-state index in [2.05, 4.69) is 25.8 Å². The monoisotopic (exact) mass is 365 g/mol. The SMILES string of the molecule is Cc1ccc(Br)c(C(=O)N2CCN(c3nccs3)CC2)c1. The van der Waals surface area contributed by atoms with Crippen LogP contribution in [0.25, 0.3) is 0 Å². The van der Waals surface area contributed by atoms with Gasteiger partial charge in [0.05, 0.1) is 5.56 Å². The van der Waals surface area contributed by atoms with Crippen LogP contribution in [0.2, 0.25) is 0 Å². The van der Waals surface area contributed by atoms with Crippen LogP contribution < -0.4 is 4.90 Å². The standard InChI is InChI=1S/C15H16BrN3OS/c1-11-2-3-13(16)12(10-11)14(20)18-5-7-19(8-6-18)15-17-4-9-21-15/h2-4,9-10H,5-8H2,1H3. The average molecular weight is 366 g/mol. The molecule has 110 valence electrons. The number of amides is 1. The second-order valence-corrected chi connectivity index (χ2v) is 6.80. The van der Waals surface area contributed by atoms with Gasteiger partial charge in [0.2, 0.25) is 0 Å². The minimum absolute atomic E-state index is 0.101. The first kappa shape index (κ1) is 14.5. The predicted octanol–water partition coefficient (Wildman–Crippen LogP) is 3.18. The highest BCUT2D eigenvalue weighted by molar-refractivity contribution is 9.10. The third-order valence-corrected chi connectivity index (χ3v) is 5.13. The van der Waals surface area contributed by atoms with Gasteiger partial charge in [-0.15, -0.1) is 11.3 Å². The molecule has 3 rings (SSSR count). The maximum atomic E-state index is 12.6. The number of aromatic nitrogens is 1. The Labute approximate surface area is 136 Å². The zero-order valence-electron chi connectivity index (χ0n) is 11.8. The topological polar surface area (TPSA) is 36.4 Å². The van der Waals surface area contributed by atoms with E-state index in [1.54, 1.807) is 11.3 Å². The molecule has 0 spiro atoms. The lowest BCUT2D eigenvalue weighted by Crippen LogP contribution is -2.48. The van der Waals surface area contributed by atoms with E-state index in [1.807, 2.05) is 41.6 Å². The van der Waals surface area contributed by atoms with Crippen molar-refractivity contribution >= 4 is 38.3 Å². The Morgan fingerprint density at radius 3 is 2.71 bits per heavy atom. The zero-order valence-corrected chi connectivity index (χ0v) is 14.2. The molecule has 1 fully saturated rings. The van der Waals surface area contributed by atoms with E-state index in [4.69, 9.17) is 0 Å². The average Bonchev–Trinajstić information content (AvgIpc) is 3.03. The van der Waals surface area contributed by atoms with E-state index in [0.29, 0.717) is 0 Å². The molecular formula is C15H16BrN3OS. The van der Waals surface area contributed by atoms with Crippen molar-refractivity contribution in [3.05, 3.63) is 45.4 Å². The number of thiazole rings is 1. The third-order valence-electron chi connectivity index (χ3n) is 3.61. The van der Waals surface area contributed by atoms with Gasteiger partial charge in [-0.1, -0.05) is 11.6 Å². The lowest BCUT2D eigenvalue weighted by atomic mass is 10.1. The molecule has 2 aromatic rings. The Hall–Kier alpha value is -1.40. The van der Waals surface area contributed by atoms with Crippen LogP contribution in [-0.4, -0.2) is 42.0 Å². The largest absolute Gasteiger partial charge is 0.345 e. The van der Waals surface area contributed by atoms with E-state index in [-0.39, 0.29) is 5.91 Å². The van der Waals surface area contributed by atoms with Gasteiger partial charge >= 0.3 is 0 Å². The molecule has 1 amide bonds. The minimum atomic E-state index is 0.101. The van der Waals surface area contributed by atoms with Gasteiger partial charge in [0.15, 0.2) is 5.13 Å². The van der Waals surface area contributed by atoms with E-state index < -0.39 is 0 Å². The number of anilines is 1. The van der Waals surface area contributed by atoms with Crippen LogP contribution in [0.4, 0.5) is 5.13 Å². The Morgan fingerprint density at radius 2 is 2.05 bits per heavy atom. The summed E-state index contributed by atoms with van der Waals surface area (Å²) in [5, 5.41) is 3.02. The Balaban J connectivity index is 1.69. The van der Waals surface area contributed by atoms with E-state index in [1.165, 1.54) is 0 Å². The Kier molecular flexibility index (Phi) is 4.26. The van der Waals surface area contributed by atoms with Gasteiger partial charge in [-0.25, -0.2) is 4.98 Å². The number of halogens is 1. The highest BCUT2D eigenvalue weighted by Crippen LogP contribution is 2.22. The van der Waals surface area contributed by atoms with Crippen LogP contribution in [-0.2, 0) is 0 Å². The molecule has 0 saturated carbocycles. The summed E-state index contributed by atoms with van der Waals surface area (Å²) in [6.07, 6.45) is 1.82. The molecule has 0 N–H and O–H groups in total. The summed E-state index contributed by atoms with van der Waals surface area (Å²) in [6.45, 7) is 5.15. The number of aryl methyl sites for hydroxylation is 1. The molecule has 1 aromatic carbocycles. The van der Waals surface area contributed by atoms with E-state index in [0.717, 1.165) is 46.9 Å². The van der Waals surface area contributed by atoms with Crippen molar-refractivity contribution in [2.75, 3.05) is 31.1 Å². The minimum Gasteiger partial charge on any atom is -0.345 e. The second-order valence-electron chi connectivity index (χ2n) is 5.08. The van der Waals surface area contributed by atoms with Gasteiger partial charge in [-0.2, -0.15) is 0 Å². The molecule has 21 heavy (non-hydrogen) atoms. The number of piperazine rings is 1. The molecular weight excluding hydrogens is 350 g/mol.